The second kappa shape index (κ2) is 5.24. The number of azide groups is 1. The standard InChI is InChI=1S/C9H11N5O5/c10-13-11-3-4-6(16)7(17)8(19-4)14-2-1-5(15)12-9(14)18/h1-2,4,6-8,16-17H,3H2,(H,12,15,18)/t4-,6-,7-,8-/m1/s1. The summed E-state index contributed by atoms with van der Waals surface area (Å²) in [7, 11) is 0. The summed E-state index contributed by atoms with van der Waals surface area (Å²) in [4.78, 5) is 27.0. The summed E-state index contributed by atoms with van der Waals surface area (Å²) < 4.78 is 6.22. The average Bonchev–Trinajstić information content (AvgIpc) is 2.64. The molecule has 10 heteroatoms. The first kappa shape index (κ1) is 13.3. The van der Waals surface area contributed by atoms with E-state index in [0.717, 1.165) is 16.8 Å². The van der Waals surface area contributed by atoms with Crippen molar-refractivity contribution in [2.24, 2.45) is 5.11 Å². The Hall–Kier alpha value is -2.13. The molecule has 2 heterocycles. The molecule has 1 aromatic rings. The number of hydrogen-bond acceptors (Lipinski definition) is 6. The number of ether oxygens (including phenoxy) is 1. The third kappa shape index (κ3) is 2.51. The van der Waals surface area contributed by atoms with E-state index in [-0.39, 0.29) is 6.54 Å². The molecule has 10 nitrogen and oxygen atoms in total. The highest BCUT2D eigenvalue weighted by molar-refractivity contribution is 4.93. The number of H-pyrrole nitrogens is 1. The predicted molar refractivity (Wildman–Crippen MR) is 61.3 cm³/mol. The molecule has 0 aliphatic carbocycles. The van der Waals surface area contributed by atoms with Gasteiger partial charge in [0.2, 0.25) is 0 Å². The molecule has 2 rings (SSSR count). The van der Waals surface area contributed by atoms with Gasteiger partial charge in [-0.3, -0.25) is 14.3 Å². The SMILES string of the molecule is [N-]=[N+]=NC[C@H]1O[C@@H](n2ccc(=O)[nH]c2=O)[C@H](O)[C@@H]1O. The van der Waals surface area contributed by atoms with Gasteiger partial charge in [-0.15, -0.1) is 0 Å². The number of nitrogens with zero attached hydrogens (tertiary/aromatic N) is 4. The Kier molecular flexibility index (Phi) is 3.67. The highest BCUT2D eigenvalue weighted by Crippen LogP contribution is 2.28. The summed E-state index contributed by atoms with van der Waals surface area (Å²) in [5.74, 6) is 0. The molecule has 1 aliphatic rings. The van der Waals surface area contributed by atoms with Crippen molar-refractivity contribution in [3.63, 3.8) is 0 Å². The minimum absolute atomic E-state index is 0.177. The Balaban J connectivity index is 2.28. The molecule has 19 heavy (non-hydrogen) atoms. The summed E-state index contributed by atoms with van der Waals surface area (Å²) in [6, 6.07) is 1.09. The van der Waals surface area contributed by atoms with Gasteiger partial charge in [0.25, 0.3) is 5.56 Å². The number of hydrogen-bond donors (Lipinski definition) is 3. The number of aromatic amines is 1. The van der Waals surface area contributed by atoms with Gasteiger partial charge in [0.1, 0.15) is 12.2 Å². The summed E-state index contributed by atoms with van der Waals surface area (Å²) in [6.45, 7) is -0.177. The van der Waals surface area contributed by atoms with Crippen LogP contribution in [0.15, 0.2) is 27.0 Å². The van der Waals surface area contributed by atoms with E-state index in [1.165, 1.54) is 0 Å². The zero-order chi connectivity index (χ0) is 14.0. The van der Waals surface area contributed by atoms with Crippen molar-refractivity contribution in [2.75, 3.05) is 6.54 Å². The fraction of sp³-hybridized carbons (Fsp3) is 0.556. The molecule has 1 aliphatic heterocycles. The van der Waals surface area contributed by atoms with Crippen molar-refractivity contribution < 1.29 is 14.9 Å². The van der Waals surface area contributed by atoms with Crippen molar-refractivity contribution in [1.29, 1.82) is 0 Å². The highest BCUT2D eigenvalue weighted by atomic mass is 16.6. The first-order valence-electron chi connectivity index (χ1n) is 5.38. The zero-order valence-electron chi connectivity index (χ0n) is 9.58. The normalized spacial score (nSPS) is 30.0. The third-order valence-corrected chi connectivity index (χ3v) is 2.79. The van der Waals surface area contributed by atoms with E-state index in [0.29, 0.717) is 0 Å². The molecule has 0 unspecified atom stereocenters. The molecule has 0 bridgehead atoms. The van der Waals surface area contributed by atoms with Crippen LogP contribution in [0.4, 0.5) is 0 Å². The van der Waals surface area contributed by atoms with Gasteiger partial charge in [0, 0.05) is 17.2 Å². The van der Waals surface area contributed by atoms with Crippen LogP contribution in [0.1, 0.15) is 6.23 Å². The van der Waals surface area contributed by atoms with Crippen LogP contribution < -0.4 is 11.2 Å². The molecule has 4 atom stereocenters. The summed E-state index contributed by atoms with van der Waals surface area (Å²) in [5, 5.41) is 22.8. The molecular formula is C9H11N5O5. The van der Waals surface area contributed by atoms with Crippen molar-refractivity contribution in [1.82, 2.24) is 9.55 Å². The lowest BCUT2D eigenvalue weighted by Crippen LogP contribution is -2.37. The molecule has 1 saturated heterocycles. The molecule has 102 valence electrons. The van der Waals surface area contributed by atoms with Crippen LogP contribution in [0.5, 0.6) is 0 Å². The van der Waals surface area contributed by atoms with Crippen LogP contribution in [-0.4, -0.2) is 44.6 Å². The van der Waals surface area contributed by atoms with Gasteiger partial charge < -0.3 is 14.9 Å². The number of rotatable bonds is 3. The Bertz CT molecular complexity index is 618. The molecule has 0 saturated carbocycles. The second-order valence-electron chi connectivity index (χ2n) is 3.98. The van der Waals surface area contributed by atoms with Crippen molar-refractivity contribution in [2.45, 2.75) is 24.5 Å². The fourth-order valence-electron chi connectivity index (χ4n) is 1.85. The topological polar surface area (TPSA) is 153 Å². The number of nitrogens with one attached hydrogen (secondary N) is 1. The van der Waals surface area contributed by atoms with Gasteiger partial charge >= 0.3 is 5.69 Å². The van der Waals surface area contributed by atoms with Crippen molar-refractivity contribution >= 4 is 0 Å². The first-order valence-corrected chi connectivity index (χ1v) is 5.38. The molecule has 0 radical (unpaired) electrons. The van der Waals surface area contributed by atoms with Gasteiger partial charge in [0.15, 0.2) is 6.23 Å². The maximum absolute atomic E-state index is 11.6. The van der Waals surface area contributed by atoms with Crippen molar-refractivity contribution in [3.05, 3.63) is 43.5 Å². The molecule has 0 spiro atoms. The fourth-order valence-corrected chi connectivity index (χ4v) is 1.85. The van der Waals surface area contributed by atoms with Gasteiger partial charge in [-0.25, -0.2) is 4.79 Å². The average molecular weight is 269 g/mol. The Morgan fingerprint density at radius 3 is 2.84 bits per heavy atom. The molecular weight excluding hydrogens is 258 g/mol. The minimum atomic E-state index is -1.37. The summed E-state index contributed by atoms with van der Waals surface area (Å²) >= 11 is 0. The lowest BCUT2D eigenvalue weighted by Gasteiger charge is -2.16. The van der Waals surface area contributed by atoms with Gasteiger partial charge in [-0.2, -0.15) is 0 Å². The number of aromatic nitrogens is 2. The van der Waals surface area contributed by atoms with E-state index in [1.54, 1.807) is 0 Å². The summed E-state index contributed by atoms with van der Waals surface area (Å²) in [6.07, 6.45) is -3.60. The maximum Gasteiger partial charge on any atom is 0.330 e. The third-order valence-electron chi connectivity index (χ3n) is 2.79. The van der Waals surface area contributed by atoms with Crippen LogP contribution in [0.25, 0.3) is 10.4 Å². The Morgan fingerprint density at radius 1 is 1.47 bits per heavy atom. The Labute approximate surface area is 105 Å². The van der Waals surface area contributed by atoms with Gasteiger partial charge in [0.05, 0.1) is 12.6 Å². The van der Waals surface area contributed by atoms with Crippen LogP contribution in [0.2, 0.25) is 0 Å². The van der Waals surface area contributed by atoms with E-state index in [1.807, 2.05) is 4.98 Å². The van der Waals surface area contributed by atoms with E-state index >= 15 is 0 Å². The zero-order valence-corrected chi connectivity index (χ0v) is 9.58. The van der Waals surface area contributed by atoms with Crippen LogP contribution in [-0.2, 0) is 4.74 Å². The van der Waals surface area contributed by atoms with Crippen LogP contribution in [0, 0.1) is 0 Å². The van der Waals surface area contributed by atoms with E-state index < -0.39 is 35.8 Å². The van der Waals surface area contributed by atoms with Gasteiger partial charge in [-0.05, 0) is 5.53 Å². The molecule has 0 amide bonds. The van der Waals surface area contributed by atoms with E-state index in [2.05, 4.69) is 10.0 Å². The largest absolute Gasteiger partial charge is 0.388 e. The second-order valence-corrected chi connectivity index (χ2v) is 3.98. The molecule has 1 aromatic heterocycles. The monoisotopic (exact) mass is 269 g/mol. The molecule has 1 fully saturated rings. The first-order chi connectivity index (χ1) is 9.04. The van der Waals surface area contributed by atoms with Gasteiger partial charge in [-0.1, -0.05) is 5.11 Å². The number of aliphatic hydroxyl groups is 2. The van der Waals surface area contributed by atoms with E-state index in [4.69, 9.17) is 10.3 Å². The van der Waals surface area contributed by atoms with E-state index in [9.17, 15) is 19.8 Å². The molecule has 0 aromatic carbocycles. The predicted octanol–water partition coefficient (Wildman–Crippen LogP) is -1.53. The molecule has 3 N–H and O–H groups in total. The Morgan fingerprint density at radius 2 is 2.21 bits per heavy atom. The quantitative estimate of drug-likeness (QED) is 0.345. The lowest BCUT2D eigenvalue weighted by atomic mass is 10.1. The highest BCUT2D eigenvalue weighted by Gasteiger charge is 2.43. The summed E-state index contributed by atoms with van der Waals surface area (Å²) in [5.41, 5.74) is 6.85. The smallest absolute Gasteiger partial charge is 0.330 e. The minimum Gasteiger partial charge on any atom is -0.388 e. The van der Waals surface area contributed by atoms with Crippen LogP contribution in [0.3, 0.4) is 0 Å². The van der Waals surface area contributed by atoms with Crippen molar-refractivity contribution in [3.8, 4) is 0 Å². The van der Waals surface area contributed by atoms with Crippen LogP contribution >= 0.6 is 0 Å². The number of aliphatic hydroxyl groups excluding tert-OH is 2. The lowest BCUT2D eigenvalue weighted by molar-refractivity contribution is -0.0372. The maximum atomic E-state index is 11.6.